The van der Waals surface area contributed by atoms with Gasteiger partial charge in [-0.25, -0.2) is 4.68 Å². The summed E-state index contributed by atoms with van der Waals surface area (Å²) in [4.78, 5) is 12.5. The van der Waals surface area contributed by atoms with Crippen LogP contribution >= 0.6 is 11.3 Å². The van der Waals surface area contributed by atoms with Crippen molar-refractivity contribution < 1.29 is 9.53 Å². The Kier molecular flexibility index (Phi) is 4.27. The normalized spacial score (nSPS) is 22.8. The largest absolute Gasteiger partial charge is 0.376 e. The van der Waals surface area contributed by atoms with Gasteiger partial charge in [0, 0.05) is 12.0 Å². The Morgan fingerprint density at radius 2 is 2.40 bits per heavy atom. The zero-order chi connectivity index (χ0) is 17.3. The van der Waals surface area contributed by atoms with Crippen molar-refractivity contribution in [3.63, 3.8) is 0 Å². The predicted molar refractivity (Wildman–Crippen MR) is 91.0 cm³/mol. The first-order valence-corrected chi connectivity index (χ1v) is 9.45. The third kappa shape index (κ3) is 3.17. The molecule has 2 aliphatic rings. The minimum Gasteiger partial charge on any atom is -0.376 e. The van der Waals surface area contributed by atoms with Crippen molar-refractivity contribution in [1.29, 1.82) is 5.26 Å². The zero-order valence-corrected chi connectivity index (χ0v) is 14.5. The SMILES string of the molecule is N#CC1(n2cc([C@@H](NC(=O)c3ccsc3)[C@@H]3CCCCO3)nn2)CC1. The van der Waals surface area contributed by atoms with Crippen LogP contribution in [0.1, 0.15) is 54.2 Å². The number of ether oxygens (including phenoxy) is 1. The Labute approximate surface area is 149 Å². The molecule has 25 heavy (non-hydrogen) atoms. The molecular weight excluding hydrogens is 338 g/mol. The molecule has 8 heteroatoms. The first kappa shape index (κ1) is 16.2. The van der Waals surface area contributed by atoms with Crippen molar-refractivity contribution in [2.24, 2.45) is 0 Å². The molecule has 1 saturated heterocycles. The molecule has 1 aliphatic heterocycles. The molecule has 0 spiro atoms. The van der Waals surface area contributed by atoms with Gasteiger partial charge in [-0.05, 0) is 43.6 Å². The topological polar surface area (TPSA) is 92.8 Å². The molecule has 1 amide bonds. The maximum Gasteiger partial charge on any atom is 0.252 e. The first-order valence-electron chi connectivity index (χ1n) is 8.50. The summed E-state index contributed by atoms with van der Waals surface area (Å²) >= 11 is 1.48. The van der Waals surface area contributed by atoms with Gasteiger partial charge in [-0.1, -0.05) is 5.21 Å². The summed E-state index contributed by atoms with van der Waals surface area (Å²) < 4.78 is 7.53. The van der Waals surface area contributed by atoms with Gasteiger partial charge in [-0.3, -0.25) is 4.79 Å². The summed E-state index contributed by atoms with van der Waals surface area (Å²) in [5.74, 6) is -0.142. The molecule has 4 rings (SSSR count). The number of nitrogens with zero attached hydrogens (tertiary/aromatic N) is 4. The highest BCUT2D eigenvalue weighted by molar-refractivity contribution is 7.08. The van der Waals surface area contributed by atoms with E-state index >= 15 is 0 Å². The van der Waals surface area contributed by atoms with E-state index in [0.29, 0.717) is 17.9 Å². The van der Waals surface area contributed by atoms with E-state index < -0.39 is 5.54 Å². The summed E-state index contributed by atoms with van der Waals surface area (Å²) in [7, 11) is 0. The van der Waals surface area contributed by atoms with Gasteiger partial charge in [0.05, 0.1) is 23.9 Å². The molecule has 2 atom stereocenters. The van der Waals surface area contributed by atoms with Crippen molar-refractivity contribution in [3.05, 3.63) is 34.3 Å². The van der Waals surface area contributed by atoms with Crippen molar-refractivity contribution >= 4 is 17.2 Å². The number of hydrogen-bond donors (Lipinski definition) is 1. The number of thiophene rings is 1. The van der Waals surface area contributed by atoms with E-state index in [-0.39, 0.29) is 18.1 Å². The van der Waals surface area contributed by atoms with E-state index in [0.717, 1.165) is 32.1 Å². The molecule has 2 aromatic heterocycles. The summed E-state index contributed by atoms with van der Waals surface area (Å²) in [6, 6.07) is 3.74. The minimum absolute atomic E-state index is 0.126. The lowest BCUT2D eigenvalue weighted by Gasteiger charge is -2.29. The van der Waals surface area contributed by atoms with Crippen LogP contribution in [0.4, 0.5) is 0 Å². The molecule has 0 bridgehead atoms. The number of nitrogens with one attached hydrogen (secondary N) is 1. The molecule has 1 aliphatic carbocycles. The highest BCUT2D eigenvalue weighted by Gasteiger charge is 2.47. The average Bonchev–Trinajstić information content (AvgIpc) is 3.05. The van der Waals surface area contributed by atoms with E-state index in [9.17, 15) is 10.1 Å². The molecule has 2 aromatic rings. The highest BCUT2D eigenvalue weighted by Crippen LogP contribution is 2.42. The van der Waals surface area contributed by atoms with Crippen molar-refractivity contribution in [1.82, 2.24) is 20.3 Å². The van der Waals surface area contributed by atoms with E-state index in [1.807, 2.05) is 10.8 Å². The fourth-order valence-electron chi connectivity index (χ4n) is 3.14. The summed E-state index contributed by atoms with van der Waals surface area (Å²) in [6.07, 6.45) is 6.20. The first-order chi connectivity index (χ1) is 12.2. The van der Waals surface area contributed by atoms with Gasteiger partial charge >= 0.3 is 0 Å². The summed E-state index contributed by atoms with van der Waals surface area (Å²) in [5, 5.41) is 24.5. The molecule has 130 valence electrons. The van der Waals surface area contributed by atoms with Crippen LogP contribution in [0.3, 0.4) is 0 Å². The van der Waals surface area contributed by atoms with Crippen LogP contribution in [0.2, 0.25) is 0 Å². The van der Waals surface area contributed by atoms with E-state index in [1.54, 1.807) is 16.9 Å². The van der Waals surface area contributed by atoms with Crippen LogP contribution in [-0.2, 0) is 10.3 Å². The second kappa shape index (κ2) is 6.58. The molecule has 1 N–H and O–H groups in total. The summed E-state index contributed by atoms with van der Waals surface area (Å²) in [5.41, 5.74) is 0.728. The van der Waals surface area contributed by atoms with Crippen LogP contribution in [0.25, 0.3) is 0 Å². The fraction of sp³-hybridized carbons (Fsp3) is 0.529. The van der Waals surface area contributed by atoms with Gasteiger partial charge < -0.3 is 10.1 Å². The maximum absolute atomic E-state index is 12.5. The Bertz CT molecular complexity index is 784. The number of aromatic nitrogens is 3. The van der Waals surface area contributed by atoms with Gasteiger partial charge in [-0.15, -0.1) is 5.10 Å². The van der Waals surface area contributed by atoms with Gasteiger partial charge in [0.1, 0.15) is 11.7 Å². The molecule has 1 saturated carbocycles. The lowest BCUT2D eigenvalue weighted by molar-refractivity contribution is -0.00830. The minimum atomic E-state index is -0.555. The third-order valence-corrected chi connectivity index (χ3v) is 5.54. The number of rotatable bonds is 5. The standard InChI is InChI=1S/C17H19N5O2S/c18-11-17(5-6-17)22-9-13(20-21-22)15(14-3-1-2-7-24-14)19-16(23)12-4-8-25-10-12/h4,8-10,14-15H,1-3,5-7H2,(H,19,23)/t14-,15+/m0/s1. The molecule has 0 aromatic carbocycles. The molecule has 7 nitrogen and oxygen atoms in total. The van der Waals surface area contributed by atoms with Crippen LogP contribution in [0, 0.1) is 11.3 Å². The second-order valence-corrected chi connectivity index (χ2v) is 7.38. The van der Waals surface area contributed by atoms with Crippen LogP contribution in [-0.4, -0.2) is 33.6 Å². The fourth-order valence-corrected chi connectivity index (χ4v) is 3.78. The number of hydrogen-bond acceptors (Lipinski definition) is 6. The Morgan fingerprint density at radius 1 is 1.52 bits per heavy atom. The lowest BCUT2D eigenvalue weighted by Crippen LogP contribution is -2.39. The smallest absolute Gasteiger partial charge is 0.252 e. The average molecular weight is 357 g/mol. The molecule has 0 unspecified atom stereocenters. The molecule has 3 heterocycles. The predicted octanol–water partition coefficient (Wildman–Crippen LogP) is 2.39. The van der Waals surface area contributed by atoms with Gasteiger partial charge in [0.2, 0.25) is 0 Å². The van der Waals surface area contributed by atoms with E-state index in [1.165, 1.54) is 11.3 Å². The van der Waals surface area contributed by atoms with E-state index in [4.69, 9.17) is 4.74 Å². The number of carbonyl (C=O) groups is 1. The third-order valence-electron chi connectivity index (χ3n) is 4.86. The zero-order valence-electron chi connectivity index (χ0n) is 13.7. The monoisotopic (exact) mass is 357 g/mol. The van der Waals surface area contributed by atoms with Crippen LogP contribution in [0.15, 0.2) is 23.0 Å². The Hall–Kier alpha value is -2.24. The lowest BCUT2D eigenvalue weighted by atomic mass is 9.99. The number of nitriles is 1. The number of carbonyl (C=O) groups excluding carboxylic acids is 1. The number of amides is 1. The van der Waals surface area contributed by atoms with Gasteiger partial charge in [0.25, 0.3) is 5.91 Å². The van der Waals surface area contributed by atoms with Gasteiger partial charge in [0.15, 0.2) is 5.54 Å². The quantitative estimate of drug-likeness (QED) is 0.887. The van der Waals surface area contributed by atoms with Crippen LogP contribution < -0.4 is 5.32 Å². The van der Waals surface area contributed by atoms with Gasteiger partial charge in [-0.2, -0.15) is 16.6 Å². The second-order valence-electron chi connectivity index (χ2n) is 6.60. The maximum atomic E-state index is 12.5. The molecule has 2 fully saturated rings. The van der Waals surface area contributed by atoms with Crippen molar-refractivity contribution in [3.8, 4) is 6.07 Å². The summed E-state index contributed by atoms with van der Waals surface area (Å²) in [6.45, 7) is 0.686. The highest BCUT2D eigenvalue weighted by atomic mass is 32.1. The van der Waals surface area contributed by atoms with Crippen LogP contribution in [0.5, 0.6) is 0 Å². The van der Waals surface area contributed by atoms with Crippen molar-refractivity contribution in [2.75, 3.05) is 6.61 Å². The Morgan fingerprint density at radius 3 is 3.04 bits per heavy atom. The Balaban J connectivity index is 1.59. The molecular formula is C17H19N5O2S. The van der Waals surface area contributed by atoms with E-state index in [2.05, 4.69) is 21.7 Å². The van der Waals surface area contributed by atoms with Crippen molar-refractivity contribution in [2.45, 2.75) is 49.8 Å². The molecule has 0 radical (unpaired) electrons.